The lowest BCUT2D eigenvalue weighted by molar-refractivity contribution is 0.102. The van der Waals surface area contributed by atoms with Crippen molar-refractivity contribution in [3.63, 3.8) is 0 Å². The molecule has 0 aliphatic carbocycles. The fraction of sp³-hybridized carbons (Fsp3) is 0.188. The van der Waals surface area contributed by atoms with Crippen LogP contribution in [0.5, 0.6) is 28.7 Å². The SMILES string of the molecule is CC.COc1ccccc1NC(=O)c1ccc2c(C)c(Oc3ccnc4cc(OC)c(OC)cc34)ccc2c1. The van der Waals surface area contributed by atoms with Crippen molar-refractivity contribution in [1.29, 1.82) is 0 Å². The number of rotatable bonds is 7. The van der Waals surface area contributed by atoms with Gasteiger partial charge in [-0.25, -0.2) is 0 Å². The summed E-state index contributed by atoms with van der Waals surface area (Å²) < 4.78 is 22.6. The Kier molecular flexibility index (Phi) is 8.51. The Bertz CT molecular complexity index is 1630. The first-order valence-corrected chi connectivity index (χ1v) is 12.7. The van der Waals surface area contributed by atoms with E-state index >= 15 is 0 Å². The first-order valence-electron chi connectivity index (χ1n) is 12.7. The number of methoxy groups -OCH3 is 3. The molecule has 0 radical (unpaired) electrons. The highest BCUT2D eigenvalue weighted by molar-refractivity contribution is 6.07. The molecule has 1 N–H and O–H groups in total. The van der Waals surface area contributed by atoms with Crippen molar-refractivity contribution < 1.29 is 23.7 Å². The van der Waals surface area contributed by atoms with Gasteiger partial charge in [0.2, 0.25) is 0 Å². The minimum absolute atomic E-state index is 0.211. The molecule has 1 amide bonds. The number of para-hydroxylation sites is 2. The summed E-state index contributed by atoms with van der Waals surface area (Å²) in [7, 11) is 4.76. The number of carbonyl (C=O) groups is 1. The maximum absolute atomic E-state index is 12.9. The number of aryl methyl sites for hydroxylation is 1. The molecular formula is C32H32N2O5. The van der Waals surface area contributed by atoms with Gasteiger partial charge in [0.05, 0.1) is 32.5 Å². The van der Waals surface area contributed by atoms with Crippen LogP contribution in [0.2, 0.25) is 0 Å². The molecule has 39 heavy (non-hydrogen) atoms. The van der Waals surface area contributed by atoms with Crippen molar-refractivity contribution in [2.24, 2.45) is 0 Å². The van der Waals surface area contributed by atoms with Gasteiger partial charge in [-0.2, -0.15) is 0 Å². The molecule has 0 fully saturated rings. The number of ether oxygens (including phenoxy) is 4. The highest BCUT2D eigenvalue weighted by Crippen LogP contribution is 2.38. The predicted octanol–water partition coefficient (Wildman–Crippen LogP) is 7.79. The molecule has 0 saturated carbocycles. The normalized spacial score (nSPS) is 10.4. The van der Waals surface area contributed by atoms with Gasteiger partial charge in [-0.1, -0.05) is 38.1 Å². The highest BCUT2D eigenvalue weighted by atomic mass is 16.5. The van der Waals surface area contributed by atoms with Crippen LogP contribution in [0.25, 0.3) is 21.7 Å². The van der Waals surface area contributed by atoms with Gasteiger partial charge in [-0.15, -0.1) is 0 Å². The zero-order valence-corrected chi connectivity index (χ0v) is 23.0. The summed E-state index contributed by atoms with van der Waals surface area (Å²) in [6.45, 7) is 6.00. The zero-order chi connectivity index (χ0) is 27.9. The van der Waals surface area contributed by atoms with E-state index in [1.54, 1.807) is 39.7 Å². The lowest BCUT2D eigenvalue weighted by atomic mass is 10.0. The molecule has 5 rings (SSSR count). The van der Waals surface area contributed by atoms with E-state index < -0.39 is 0 Å². The number of anilines is 1. The Morgan fingerprint density at radius 1 is 0.718 bits per heavy atom. The largest absolute Gasteiger partial charge is 0.495 e. The third-order valence-electron chi connectivity index (χ3n) is 6.28. The van der Waals surface area contributed by atoms with E-state index in [4.69, 9.17) is 18.9 Å². The van der Waals surface area contributed by atoms with Crippen LogP contribution in [0.1, 0.15) is 29.8 Å². The quantitative estimate of drug-likeness (QED) is 0.234. The number of carbonyl (C=O) groups excluding carboxylic acids is 1. The van der Waals surface area contributed by atoms with Crippen LogP contribution in [0.3, 0.4) is 0 Å². The molecule has 0 atom stereocenters. The molecular weight excluding hydrogens is 492 g/mol. The number of amides is 1. The molecule has 7 nitrogen and oxygen atoms in total. The van der Waals surface area contributed by atoms with Gasteiger partial charge in [0.25, 0.3) is 5.91 Å². The van der Waals surface area contributed by atoms with Crippen LogP contribution in [0.4, 0.5) is 5.69 Å². The Morgan fingerprint density at radius 3 is 2.18 bits per heavy atom. The molecule has 0 aliphatic rings. The summed E-state index contributed by atoms with van der Waals surface area (Å²) in [5, 5.41) is 5.65. The Morgan fingerprint density at radius 2 is 1.44 bits per heavy atom. The van der Waals surface area contributed by atoms with Crippen molar-refractivity contribution >= 4 is 33.3 Å². The van der Waals surface area contributed by atoms with Crippen LogP contribution < -0.4 is 24.3 Å². The lowest BCUT2D eigenvalue weighted by Crippen LogP contribution is -2.12. The number of pyridine rings is 1. The molecule has 1 aromatic heterocycles. The van der Waals surface area contributed by atoms with Gasteiger partial charge in [-0.3, -0.25) is 9.78 Å². The molecule has 4 aromatic carbocycles. The highest BCUT2D eigenvalue weighted by Gasteiger charge is 2.15. The molecule has 0 unspecified atom stereocenters. The number of nitrogens with zero attached hydrogens (tertiary/aromatic N) is 1. The number of aromatic nitrogens is 1. The van der Waals surface area contributed by atoms with E-state index in [0.717, 1.165) is 27.2 Å². The van der Waals surface area contributed by atoms with E-state index in [9.17, 15) is 4.79 Å². The van der Waals surface area contributed by atoms with E-state index in [1.165, 1.54) is 0 Å². The van der Waals surface area contributed by atoms with Gasteiger partial charge in [-0.05, 0) is 65.7 Å². The van der Waals surface area contributed by atoms with Gasteiger partial charge < -0.3 is 24.3 Å². The molecule has 5 aromatic rings. The summed E-state index contributed by atoms with van der Waals surface area (Å²) in [6, 6.07) is 22.3. The second-order valence-electron chi connectivity index (χ2n) is 8.41. The average Bonchev–Trinajstić information content (AvgIpc) is 2.99. The Labute approximate surface area is 228 Å². The number of fused-ring (bicyclic) bond motifs is 2. The lowest BCUT2D eigenvalue weighted by Gasteiger charge is -2.15. The first-order chi connectivity index (χ1) is 19.0. The summed E-state index contributed by atoms with van der Waals surface area (Å²) in [4.78, 5) is 17.4. The fourth-order valence-corrected chi connectivity index (χ4v) is 4.31. The van der Waals surface area contributed by atoms with Crippen LogP contribution in [0.15, 0.2) is 79.0 Å². The molecule has 0 bridgehead atoms. The molecule has 0 aliphatic heterocycles. The Balaban J connectivity index is 0.00000172. The summed E-state index contributed by atoms with van der Waals surface area (Å²) in [5.74, 6) is 2.96. The summed E-state index contributed by atoms with van der Waals surface area (Å²) in [5.41, 5.74) is 2.86. The van der Waals surface area contributed by atoms with Crippen molar-refractivity contribution in [1.82, 2.24) is 4.98 Å². The van der Waals surface area contributed by atoms with Gasteiger partial charge in [0.15, 0.2) is 11.5 Å². The van der Waals surface area contributed by atoms with Crippen LogP contribution in [-0.4, -0.2) is 32.2 Å². The molecule has 0 spiro atoms. The van der Waals surface area contributed by atoms with Gasteiger partial charge >= 0.3 is 0 Å². The van der Waals surface area contributed by atoms with Crippen molar-refractivity contribution in [2.75, 3.05) is 26.6 Å². The van der Waals surface area contributed by atoms with E-state index in [0.29, 0.717) is 40.0 Å². The van der Waals surface area contributed by atoms with Crippen molar-refractivity contribution in [2.45, 2.75) is 20.8 Å². The maximum Gasteiger partial charge on any atom is 0.255 e. The molecule has 0 saturated heterocycles. The van der Waals surface area contributed by atoms with Gasteiger partial charge in [0.1, 0.15) is 17.2 Å². The molecule has 200 valence electrons. The summed E-state index contributed by atoms with van der Waals surface area (Å²) >= 11 is 0. The van der Waals surface area contributed by atoms with Crippen LogP contribution in [-0.2, 0) is 0 Å². The maximum atomic E-state index is 12.9. The molecule has 1 heterocycles. The van der Waals surface area contributed by atoms with Gasteiger partial charge in [0, 0.05) is 23.2 Å². The monoisotopic (exact) mass is 524 g/mol. The smallest absolute Gasteiger partial charge is 0.255 e. The third kappa shape index (κ3) is 5.57. The molecule has 7 heteroatoms. The van der Waals surface area contributed by atoms with E-state index in [-0.39, 0.29) is 5.91 Å². The number of hydrogen-bond donors (Lipinski definition) is 1. The van der Waals surface area contributed by atoms with Crippen LogP contribution in [0, 0.1) is 6.92 Å². The third-order valence-corrected chi connectivity index (χ3v) is 6.28. The predicted molar refractivity (Wildman–Crippen MR) is 156 cm³/mol. The fourth-order valence-electron chi connectivity index (χ4n) is 4.31. The van der Waals surface area contributed by atoms with E-state index in [1.807, 2.05) is 81.4 Å². The van der Waals surface area contributed by atoms with E-state index in [2.05, 4.69) is 10.3 Å². The second-order valence-corrected chi connectivity index (χ2v) is 8.41. The number of nitrogens with one attached hydrogen (secondary N) is 1. The van der Waals surface area contributed by atoms with Crippen molar-refractivity contribution in [3.05, 3.63) is 90.1 Å². The number of hydrogen-bond acceptors (Lipinski definition) is 6. The topological polar surface area (TPSA) is 78.9 Å². The average molecular weight is 525 g/mol. The van der Waals surface area contributed by atoms with Crippen LogP contribution >= 0.6 is 0 Å². The standard InChI is InChI=1S/C30H26N2O5.C2H6/c1-18-21-11-9-20(30(33)32-23-7-5-6-8-27(23)34-2)15-19(21)10-12-25(18)37-26-13-14-31-24-17-29(36-4)28(35-3)16-22(24)26;1-2/h5-17H,1-4H3,(H,32,33);1-2H3. The minimum Gasteiger partial charge on any atom is -0.495 e. The Hall–Kier alpha value is -4.78. The first kappa shape index (κ1) is 27.3. The zero-order valence-electron chi connectivity index (χ0n) is 23.0. The number of benzene rings is 4. The second kappa shape index (κ2) is 12.2. The summed E-state index contributed by atoms with van der Waals surface area (Å²) in [6.07, 6.45) is 1.70. The van der Waals surface area contributed by atoms with Crippen molar-refractivity contribution in [3.8, 4) is 28.7 Å². The minimum atomic E-state index is -0.211.